The molecule has 26 heavy (non-hydrogen) atoms. The first-order valence-electron chi connectivity index (χ1n) is 8.47. The molecule has 0 spiro atoms. The quantitative estimate of drug-likeness (QED) is 0.561. The minimum absolute atomic E-state index is 0.248. The Hall–Kier alpha value is -2.53. The molecule has 0 aliphatic carbocycles. The van der Waals surface area contributed by atoms with E-state index in [1.807, 2.05) is 6.92 Å². The second kappa shape index (κ2) is 7.79. The van der Waals surface area contributed by atoms with Gasteiger partial charge in [0.25, 0.3) is 0 Å². The zero-order valence-electron chi connectivity index (χ0n) is 15.0. The van der Waals surface area contributed by atoms with Crippen molar-refractivity contribution in [3.8, 4) is 11.5 Å². The molecule has 3 aromatic rings. The lowest BCUT2D eigenvalue weighted by atomic mass is 10.0. The Bertz CT molecular complexity index is 896. The summed E-state index contributed by atoms with van der Waals surface area (Å²) in [7, 11) is 0. The van der Waals surface area contributed by atoms with Crippen molar-refractivity contribution in [3.05, 3.63) is 71.1 Å². The first-order valence-corrected chi connectivity index (χ1v) is 9.45. The molecule has 0 aliphatic rings. The summed E-state index contributed by atoms with van der Waals surface area (Å²) in [5.41, 5.74) is 3.26. The van der Waals surface area contributed by atoms with Gasteiger partial charge in [0, 0.05) is 16.2 Å². The molecule has 0 bridgehead atoms. The van der Waals surface area contributed by atoms with Crippen LogP contribution >= 0.6 is 11.8 Å². The second-order valence-corrected chi connectivity index (χ2v) is 7.47. The van der Waals surface area contributed by atoms with Crippen LogP contribution in [0.25, 0.3) is 11.5 Å². The fourth-order valence-electron chi connectivity index (χ4n) is 2.54. The summed E-state index contributed by atoms with van der Waals surface area (Å²) < 4.78 is 5.77. The zero-order chi connectivity index (χ0) is 18.7. The predicted octanol–water partition coefficient (Wildman–Crippen LogP) is 5.76. The van der Waals surface area contributed by atoms with E-state index in [2.05, 4.69) is 43.1 Å². The maximum Gasteiger partial charge on any atom is 0.335 e. The predicted molar refractivity (Wildman–Crippen MR) is 104 cm³/mol. The Morgan fingerprint density at radius 1 is 1.12 bits per heavy atom. The summed E-state index contributed by atoms with van der Waals surface area (Å²) in [4.78, 5) is 16.7. The van der Waals surface area contributed by atoms with Crippen LogP contribution in [0, 0.1) is 6.92 Å². The van der Waals surface area contributed by atoms with Crippen molar-refractivity contribution in [2.45, 2.75) is 37.3 Å². The molecule has 2 aromatic carbocycles. The van der Waals surface area contributed by atoms with Crippen LogP contribution in [-0.4, -0.2) is 16.1 Å². The van der Waals surface area contributed by atoms with E-state index in [0.29, 0.717) is 11.8 Å². The Balaban J connectivity index is 1.70. The molecule has 1 N–H and O–H groups in total. The van der Waals surface area contributed by atoms with Gasteiger partial charge in [-0.25, -0.2) is 9.78 Å². The third kappa shape index (κ3) is 4.17. The molecule has 0 fully saturated rings. The molecule has 0 amide bonds. The largest absolute Gasteiger partial charge is 0.478 e. The van der Waals surface area contributed by atoms with Crippen LogP contribution in [0.5, 0.6) is 0 Å². The normalized spacial score (nSPS) is 11.1. The lowest BCUT2D eigenvalue weighted by Gasteiger charge is -2.06. The van der Waals surface area contributed by atoms with Crippen molar-refractivity contribution in [2.75, 3.05) is 0 Å². The Morgan fingerprint density at radius 3 is 2.35 bits per heavy atom. The summed E-state index contributed by atoms with van der Waals surface area (Å²) in [5.74, 6) is 1.62. The van der Waals surface area contributed by atoms with Crippen LogP contribution in [0.2, 0.25) is 0 Å². The van der Waals surface area contributed by atoms with E-state index >= 15 is 0 Å². The SMILES string of the molecule is Cc1oc(-c2ccc(C(=O)O)cc2)nc1CSc1ccc(C(C)C)cc1. The van der Waals surface area contributed by atoms with Crippen LogP contribution < -0.4 is 0 Å². The number of aromatic carboxylic acids is 1. The van der Waals surface area contributed by atoms with Gasteiger partial charge in [0.2, 0.25) is 5.89 Å². The minimum Gasteiger partial charge on any atom is -0.478 e. The third-order valence-corrected chi connectivity index (χ3v) is 5.22. The van der Waals surface area contributed by atoms with Crippen molar-refractivity contribution in [2.24, 2.45) is 0 Å². The molecule has 0 saturated carbocycles. The summed E-state index contributed by atoms with van der Waals surface area (Å²) >= 11 is 1.72. The number of aryl methyl sites for hydroxylation is 1. The highest BCUT2D eigenvalue weighted by Crippen LogP contribution is 2.28. The molecule has 0 atom stereocenters. The molecule has 5 heteroatoms. The number of carbonyl (C=O) groups is 1. The van der Waals surface area contributed by atoms with Gasteiger partial charge in [-0.3, -0.25) is 0 Å². The number of benzene rings is 2. The van der Waals surface area contributed by atoms with Crippen LogP contribution in [0.1, 0.15) is 47.1 Å². The number of carboxylic acids is 1. The molecule has 134 valence electrons. The van der Waals surface area contributed by atoms with E-state index < -0.39 is 5.97 Å². The highest BCUT2D eigenvalue weighted by Gasteiger charge is 2.13. The Morgan fingerprint density at radius 2 is 1.77 bits per heavy atom. The lowest BCUT2D eigenvalue weighted by molar-refractivity contribution is 0.0697. The number of thioether (sulfide) groups is 1. The number of aromatic nitrogens is 1. The average molecular weight is 367 g/mol. The topological polar surface area (TPSA) is 63.3 Å². The molecule has 0 aliphatic heterocycles. The van der Waals surface area contributed by atoms with Gasteiger partial charge in [0.1, 0.15) is 5.76 Å². The van der Waals surface area contributed by atoms with Crippen LogP contribution in [0.3, 0.4) is 0 Å². The first-order chi connectivity index (χ1) is 12.4. The Labute approximate surface area is 157 Å². The molecule has 4 nitrogen and oxygen atoms in total. The summed E-state index contributed by atoms with van der Waals surface area (Å²) in [6, 6.07) is 15.2. The summed E-state index contributed by atoms with van der Waals surface area (Å²) in [6.45, 7) is 6.27. The van der Waals surface area contributed by atoms with E-state index in [1.165, 1.54) is 10.5 Å². The molecule has 0 radical (unpaired) electrons. The van der Waals surface area contributed by atoms with Crippen molar-refractivity contribution in [1.29, 1.82) is 0 Å². The molecular weight excluding hydrogens is 346 g/mol. The fraction of sp³-hybridized carbons (Fsp3) is 0.238. The van der Waals surface area contributed by atoms with Gasteiger partial charge in [-0.2, -0.15) is 0 Å². The van der Waals surface area contributed by atoms with Gasteiger partial charge < -0.3 is 9.52 Å². The van der Waals surface area contributed by atoms with Gasteiger partial charge in [0.15, 0.2) is 0 Å². The smallest absolute Gasteiger partial charge is 0.335 e. The monoisotopic (exact) mass is 367 g/mol. The number of rotatable bonds is 6. The first kappa shape index (κ1) is 18.3. The third-order valence-electron chi connectivity index (χ3n) is 4.19. The van der Waals surface area contributed by atoms with E-state index in [-0.39, 0.29) is 5.56 Å². The van der Waals surface area contributed by atoms with Crippen LogP contribution in [0.4, 0.5) is 0 Å². The molecule has 1 heterocycles. The maximum atomic E-state index is 10.9. The standard InChI is InChI=1S/C21H21NO3S/c1-13(2)15-8-10-18(11-9-15)26-12-19-14(3)25-20(22-19)16-4-6-17(7-5-16)21(23)24/h4-11,13H,12H2,1-3H3,(H,23,24). The molecular formula is C21H21NO3S. The van der Waals surface area contributed by atoms with E-state index in [9.17, 15) is 4.79 Å². The number of carboxylic acid groups (broad SMARTS) is 1. The van der Waals surface area contributed by atoms with E-state index in [1.54, 1.807) is 36.0 Å². The van der Waals surface area contributed by atoms with Gasteiger partial charge in [-0.05, 0) is 54.8 Å². The maximum absolute atomic E-state index is 10.9. The number of nitrogens with zero attached hydrogens (tertiary/aromatic N) is 1. The molecule has 0 unspecified atom stereocenters. The van der Waals surface area contributed by atoms with Crippen LogP contribution in [0.15, 0.2) is 57.8 Å². The van der Waals surface area contributed by atoms with Gasteiger partial charge >= 0.3 is 5.97 Å². The second-order valence-electron chi connectivity index (χ2n) is 6.42. The number of hydrogen-bond donors (Lipinski definition) is 1. The highest BCUT2D eigenvalue weighted by atomic mass is 32.2. The lowest BCUT2D eigenvalue weighted by Crippen LogP contribution is -1.95. The van der Waals surface area contributed by atoms with Gasteiger partial charge in [0.05, 0.1) is 11.3 Å². The Kier molecular flexibility index (Phi) is 5.47. The van der Waals surface area contributed by atoms with Crippen molar-refractivity contribution < 1.29 is 14.3 Å². The highest BCUT2D eigenvalue weighted by molar-refractivity contribution is 7.98. The van der Waals surface area contributed by atoms with Crippen molar-refractivity contribution in [1.82, 2.24) is 4.98 Å². The molecule has 1 aromatic heterocycles. The molecule has 0 saturated heterocycles. The van der Waals surface area contributed by atoms with E-state index in [0.717, 1.165) is 22.8 Å². The van der Waals surface area contributed by atoms with Crippen molar-refractivity contribution in [3.63, 3.8) is 0 Å². The number of oxazole rings is 1. The van der Waals surface area contributed by atoms with E-state index in [4.69, 9.17) is 9.52 Å². The number of hydrogen-bond acceptors (Lipinski definition) is 4. The molecule has 3 rings (SSSR count). The minimum atomic E-state index is -0.944. The van der Waals surface area contributed by atoms with Crippen LogP contribution in [-0.2, 0) is 5.75 Å². The summed E-state index contributed by atoms with van der Waals surface area (Å²) in [6.07, 6.45) is 0. The van der Waals surface area contributed by atoms with Gasteiger partial charge in [-0.15, -0.1) is 11.8 Å². The van der Waals surface area contributed by atoms with Gasteiger partial charge in [-0.1, -0.05) is 26.0 Å². The fourth-order valence-corrected chi connectivity index (χ4v) is 3.44. The zero-order valence-corrected chi connectivity index (χ0v) is 15.8. The average Bonchev–Trinajstić information content (AvgIpc) is 3.01. The van der Waals surface area contributed by atoms with Crippen molar-refractivity contribution >= 4 is 17.7 Å². The summed E-state index contributed by atoms with van der Waals surface area (Å²) in [5, 5.41) is 8.98.